The number of ether oxygens (including phenoxy) is 1. The van der Waals surface area contributed by atoms with E-state index in [9.17, 15) is 4.79 Å². The molecule has 0 spiro atoms. The van der Waals surface area contributed by atoms with E-state index in [1.165, 1.54) is 24.2 Å². The third-order valence-corrected chi connectivity index (χ3v) is 4.60. The maximum absolute atomic E-state index is 10.9. The number of carboxylic acids is 1. The molecule has 1 N–H and O–H groups in total. The lowest BCUT2D eigenvalue weighted by molar-refractivity contribution is -0.136. The number of hydrogen-bond donors (Lipinski definition) is 1. The highest BCUT2D eigenvalue weighted by atomic mass is 32.1. The van der Waals surface area contributed by atoms with Crippen LogP contribution in [-0.4, -0.2) is 41.2 Å². The summed E-state index contributed by atoms with van der Waals surface area (Å²) < 4.78 is 5.11. The number of aromatic nitrogens is 1. The standard InChI is InChI=1S/C14H22N2O3S/c1-10-4-3-5-16(7-10)8-13-15-11(9-19-2)12(20-13)6-14(17)18/h10H,3-9H2,1-2H3,(H,17,18). The fourth-order valence-corrected chi connectivity index (χ4v) is 3.76. The number of likely N-dealkylation sites (tertiary alicyclic amines) is 1. The molecule has 1 atom stereocenters. The van der Waals surface area contributed by atoms with Crippen molar-refractivity contribution in [3.8, 4) is 0 Å². The number of methoxy groups -OCH3 is 1. The summed E-state index contributed by atoms with van der Waals surface area (Å²) in [5.74, 6) is -0.0789. The minimum absolute atomic E-state index is 0.0345. The van der Waals surface area contributed by atoms with Crippen molar-refractivity contribution in [1.82, 2.24) is 9.88 Å². The van der Waals surface area contributed by atoms with Gasteiger partial charge >= 0.3 is 5.97 Å². The quantitative estimate of drug-likeness (QED) is 0.872. The highest BCUT2D eigenvalue weighted by molar-refractivity contribution is 7.11. The zero-order valence-electron chi connectivity index (χ0n) is 12.1. The van der Waals surface area contributed by atoms with E-state index in [0.717, 1.165) is 41.1 Å². The van der Waals surface area contributed by atoms with Crippen LogP contribution in [0.5, 0.6) is 0 Å². The molecule has 1 saturated heterocycles. The van der Waals surface area contributed by atoms with Gasteiger partial charge in [0.05, 0.1) is 25.3 Å². The molecule has 1 aromatic rings. The number of piperidine rings is 1. The number of nitrogens with zero attached hydrogens (tertiary/aromatic N) is 2. The van der Waals surface area contributed by atoms with Crippen LogP contribution in [0.15, 0.2) is 0 Å². The number of thiazole rings is 1. The second-order valence-corrected chi connectivity index (χ2v) is 6.63. The third-order valence-electron chi connectivity index (χ3n) is 3.52. The summed E-state index contributed by atoms with van der Waals surface area (Å²) in [5.41, 5.74) is 0.778. The molecule has 1 aromatic heterocycles. The van der Waals surface area contributed by atoms with Crippen LogP contribution in [0.25, 0.3) is 0 Å². The Bertz CT molecular complexity index is 461. The first-order chi connectivity index (χ1) is 9.58. The van der Waals surface area contributed by atoms with Crippen molar-refractivity contribution in [3.63, 3.8) is 0 Å². The smallest absolute Gasteiger partial charge is 0.308 e. The fraction of sp³-hybridized carbons (Fsp3) is 0.714. The first-order valence-electron chi connectivity index (χ1n) is 6.99. The monoisotopic (exact) mass is 298 g/mol. The second-order valence-electron chi connectivity index (χ2n) is 5.46. The number of carbonyl (C=O) groups is 1. The average Bonchev–Trinajstić information content (AvgIpc) is 2.71. The molecular weight excluding hydrogens is 276 g/mol. The fourth-order valence-electron chi connectivity index (χ4n) is 2.65. The van der Waals surface area contributed by atoms with Crippen molar-refractivity contribution < 1.29 is 14.6 Å². The molecule has 6 heteroatoms. The van der Waals surface area contributed by atoms with Crippen LogP contribution < -0.4 is 0 Å². The normalized spacial score (nSPS) is 20.2. The van der Waals surface area contributed by atoms with E-state index in [4.69, 9.17) is 9.84 Å². The van der Waals surface area contributed by atoms with Crippen LogP contribution >= 0.6 is 11.3 Å². The van der Waals surface area contributed by atoms with Gasteiger partial charge in [0.25, 0.3) is 0 Å². The molecule has 0 saturated carbocycles. The van der Waals surface area contributed by atoms with Crippen LogP contribution in [0.2, 0.25) is 0 Å². The number of hydrogen-bond acceptors (Lipinski definition) is 5. The van der Waals surface area contributed by atoms with Gasteiger partial charge in [0.1, 0.15) is 5.01 Å². The Morgan fingerprint density at radius 3 is 3.05 bits per heavy atom. The van der Waals surface area contributed by atoms with E-state index in [2.05, 4.69) is 16.8 Å². The Labute approximate surface area is 123 Å². The zero-order valence-corrected chi connectivity index (χ0v) is 12.9. The van der Waals surface area contributed by atoms with E-state index in [1.54, 1.807) is 7.11 Å². The van der Waals surface area contributed by atoms with E-state index in [-0.39, 0.29) is 6.42 Å². The molecule has 1 aliphatic heterocycles. The molecule has 0 aromatic carbocycles. The first-order valence-corrected chi connectivity index (χ1v) is 7.80. The van der Waals surface area contributed by atoms with Gasteiger partial charge in [0.2, 0.25) is 0 Å². The van der Waals surface area contributed by atoms with Crippen LogP contribution in [0, 0.1) is 5.92 Å². The van der Waals surface area contributed by atoms with Crippen LogP contribution in [0.4, 0.5) is 0 Å². The lowest BCUT2D eigenvalue weighted by atomic mass is 10.0. The summed E-state index contributed by atoms with van der Waals surface area (Å²) in [5, 5.41) is 9.95. The van der Waals surface area contributed by atoms with Crippen LogP contribution in [0.3, 0.4) is 0 Å². The van der Waals surface area contributed by atoms with Crippen molar-refractivity contribution in [1.29, 1.82) is 0 Å². The predicted molar refractivity (Wildman–Crippen MR) is 77.8 cm³/mol. The minimum atomic E-state index is -0.816. The van der Waals surface area contributed by atoms with Gasteiger partial charge in [0, 0.05) is 18.5 Å². The van der Waals surface area contributed by atoms with Gasteiger partial charge in [-0.2, -0.15) is 0 Å². The summed E-state index contributed by atoms with van der Waals surface area (Å²) in [6, 6.07) is 0. The number of rotatable bonds is 6. The maximum Gasteiger partial charge on any atom is 0.308 e. The SMILES string of the molecule is COCc1nc(CN2CCCC(C)C2)sc1CC(=O)O. The molecule has 0 bridgehead atoms. The summed E-state index contributed by atoms with van der Waals surface area (Å²) >= 11 is 1.51. The topological polar surface area (TPSA) is 62.7 Å². The van der Waals surface area contributed by atoms with E-state index >= 15 is 0 Å². The van der Waals surface area contributed by atoms with Crippen molar-refractivity contribution >= 4 is 17.3 Å². The summed E-state index contributed by atoms with van der Waals surface area (Å²) in [6.45, 7) is 5.70. The number of aliphatic carboxylic acids is 1. The molecule has 1 fully saturated rings. The van der Waals surface area contributed by atoms with Gasteiger partial charge in [-0.05, 0) is 25.3 Å². The summed E-state index contributed by atoms with van der Waals surface area (Å²) in [6.07, 6.45) is 2.57. The molecular formula is C14H22N2O3S. The molecule has 0 aliphatic carbocycles. The zero-order chi connectivity index (χ0) is 14.5. The largest absolute Gasteiger partial charge is 0.481 e. The van der Waals surface area contributed by atoms with Gasteiger partial charge < -0.3 is 9.84 Å². The summed E-state index contributed by atoms with van der Waals surface area (Å²) in [4.78, 5) is 18.7. The average molecular weight is 298 g/mol. The summed E-state index contributed by atoms with van der Waals surface area (Å²) in [7, 11) is 1.61. The molecule has 0 amide bonds. The van der Waals surface area contributed by atoms with E-state index in [0.29, 0.717) is 6.61 Å². The molecule has 2 rings (SSSR count). The molecule has 1 aliphatic rings. The molecule has 0 radical (unpaired) electrons. The second kappa shape index (κ2) is 7.15. The Morgan fingerprint density at radius 1 is 1.60 bits per heavy atom. The lowest BCUT2D eigenvalue weighted by Crippen LogP contribution is -2.33. The van der Waals surface area contributed by atoms with Gasteiger partial charge in [0.15, 0.2) is 0 Å². The van der Waals surface area contributed by atoms with Crippen molar-refractivity contribution in [2.45, 2.75) is 39.3 Å². The van der Waals surface area contributed by atoms with Gasteiger partial charge in [-0.25, -0.2) is 4.98 Å². The predicted octanol–water partition coefficient (Wildman–Crippen LogP) is 2.15. The van der Waals surface area contributed by atoms with Crippen molar-refractivity contribution in [3.05, 3.63) is 15.6 Å². The van der Waals surface area contributed by atoms with Crippen molar-refractivity contribution in [2.75, 3.05) is 20.2 Å². The molecule has 112 valence electrons. The van der Waals surface area contributed by atoms with E-state index in [1.807, 2.05) is 0 Å². The van der Waals surface area contributed by atoms with E-state index < -0.39 is 5.97 Å². The van der Waals surface area contributed by atoms with Crippen LogP contribution in [0.1, 0.15) is 35.3 Å². The van der Waals surface area contributed by atoms with Gasteiger partial charge in [-0.15, -0.1) is 11.3 Å². The highest BCUT2D eigenvalue weighted by Gasteiger charge is 2.19. The Hall–Kier alpha value is -0.980. The molecule has 20 heavy (non-hydrogen) atoms. The van der Waals surface area contributed by atoms with Crippen molar-refractivity contribution in [2.24, 2.45) is 5.92 Å². The van der Waals surface area contributed by atoms with Crippen LogP contribution in [-0.2, 0) is 29.1 Å². The Morgan fingerprint density at radius 2 is 2.40 bits per heavy atom. The lowest BCUT2D eigenvalue weighted by Gasteiger charge is -2.29. The molecule has 5 nitrogen and oxygen atoms in total. The molecule has 1 unspecified atom stereocenters. The first kappa shape index (κ1) is 15.4. The van der Waals surface area contributed by atoms with Gasteiger partial charge in [-0.3, -0.25) is 9.69 Å². The maximum atomic E-state index is 10.9. The highest BCUT2D eigenvalue weighted by Crippen LogP contribution is 2.24. The number of carboxylic acid groups (broad SMARTS) is 1. The van der Waals surface area contributed by atoms with Gasteiger partial charge in [-0.1, -0.05) is 6.92 Å². The Kier molecular flexibility index (Phi) is 5.51. The Balaban J connectivity index is 2.05. The molecule has 2 heterocycles. The third kappa shape index (κ3) is 4.26. The minimum Gasteiger partial charge on any atom is -0.481 e.